The molecule has 0 amide bonds. The van der Waals surface area contributed by atoms with E-state index in [1.165, 1.54) is 5.56 Å². The maximum Gasteiger partial charge on any atom is 0.0637 e. The number of halogens is 2. The molecule has 0 aliphatic heterocycles. The molecule has 15 heavy (non-hydrogen) atoms. The Morgan fingerprint density at radius 3 is 2.80 bits per heavy atom. The highest BCUT2D eigenvalue weighted by Gasteiger charge is 2.07. The minimum absolute atomic E-state index is 0.713. The standard InChI is InChI=1S/C11H15BrClNO/c1-14(5-6-15-2)11-7-10(13)4-3-9(11)8-12/h3-4,7H,5-6,8H2,1-2H3. The maximum atomic E-state index is 5.98. The van der Waals surface area contributed by atoms with E-state index in [4.69, 9.17) is 16.3 Å². The Kier molecular flexibility index (Phi) is 5.43. The van der Waals surface area contributed by atoms with Crippen LogP contribution in [0.25, 0.3) is 0 Å². The van der Waals surface area contributed by atoms with Crippen molar-refractivity contribution in [3.05, 3.63) is 28.8 Å². The van der Waals surface area contributed by atoms with Gasteiger partial charge in [0.2, 0.25) is 0 Å². The number of likely N-dealkylation sites (N-methyl/N-ethyl adjacent to an activating group) is 1. The normalized spacial score (nSPS) is 10.4. The first kappa shape index (κ1) is 12.8. The number of anilines is 1. The highest BCUT2D eigenvalue weighted by Crippen LogP contribution is 2.25. The predicted octanol–water partition coefficient (Wildman–Crippen LogP) is 3.32. The van der Waals surface area contributed by atoms with Gasteiger partial charge in [0.15, 0.2) is 0 Å². The van der Waals surface area contributed by atoms with Crippen LogP contribution in [0, 0.1) is 0 Å². The summed E-state index contributed by atoms with van der Waals surface area (Å²) in [6.07, 6.45) is 0. The van der Waals surface area contributed by atoms with Gasteiger partial charge in [0.05, 0.1) is 6.61 Å². The molecule has 4 heteroatoms. The van der Waals surface area contributed by atoms with Crippen molar-refractivity contribution in [3.63, 3.8) is 0 Å². The van der Waals surface area contributed by atoms with Crippen LogP contribution in [0.2, 0.25) is 5.02 Å². The molecule has 0 saturated heterocycles. The lowest BCUT2D eigenvalue weighted by molar-refractivity contribution is 0.206. The summed E-state index contributed by atoms with van der Waals surface area (Å²) in [5.41, 5.74) is 2.38. The summed E-state index contributed by atoms with van der Waals surface area (Å²) in [7, 11) is 3.74. The molecular formula is C11H15BrClNO. The molecule has 1 rings (SSSR count). The highest BCUT2D eigenvalue weighted by molar-refractivity contribution is 9.08. The third kappa shape index (κ3) is 3.67. The zero-order chi connectivity index (χ0) is 11.3. The molecule has 0 N–H and O–H groups in total. The van der Waals surface area contributed by atoms with Crippen molar-refractivity contribution >= 4 is 33.2 Å². The SMILES string of the molecule is COCCN(C)c1cc(Cl)ccc1CBr. The summed E-state index contributed by atoms with van der Waals surface area (Å²) in [6.45, 7) is 1.57. The van der Waals surface area contributed by atoms with E-state index in [9.17, 15) is 0 Å². The number of nitrogens with zero attached hydrogens (tertiary/aromatic N) is 1. The topological polar surface area (TPSA) is 12.5 Å². The molecule has 0 aromatic heterocycles. The quantitative estimate of drug-likeness (QED) is 0.772. The second-order valence-electron chi connectivity index (χ2n) is 3.32. The average molecular weight is 293 g/mol. The van der Waals surface area contributed by atoms with E-state index >= 15 is 0 Å². The largest absolute Gasteiger partial charge is 0.383 e. The maximum absolute atomic E-state index is 5.98. The number of hydrogen-bond donors (Lipinski definition) is 0. The van der Waals surface area contributed by atoms with Crippen LogP contribution >= 0.6 is 27.5 Å². The second-order valence-corrected chi connectivity index (χ2v) is 4.32. The fraction of sp³-hybridized carbons (Fsp3) is 0.455. The zero-order valence-corrected chi connectivity index (χ0v) is 11.3. The van der Waals surface area contributed by atoms with Gasteiger partial charge in [0.25, 0.3) is 0 Å². The van der Waals surface area contributed by atoms with Gasteiger partial charge in [0.1, 0.15) is 0 Å². The van der Waals surface area contributed by atoms with Crippen molar-refractivity contribution in [2.75, 3.05) is 32.2 Å². The molecule has 0 bridgehead atoms. The molecule has 1 aromatic carbocycles. The summed E-state index contributed by atoms with van der Waals surface area (Å²) in [5.74, 6) is 0. The van der Waals surface area contributed by atoms with Gasteiger partial charge < -0.3 is 9.64 Å². The van der Waals surface area contributed by atoms with E-state index in [0.717, 1.165) is 22.6 Å². The second kappa shape index (κ2) is 6.36. The van der Waals surface area contributed by atoms with Crippen LogP contribution < -0.4 is 4.90 Å². The number of alkyl halides is 1. The molecule has 0 unspecified atom stereocenters. The van der Waals surface area contributed by atoms with Crippen LogP contribution in [-0.4, -0.2) is 27.3 Å². The van der Waals surface area contributed by atoms with Gasteiger partial charge in [0, 0.05) is 36.7 Å². The van der Waals surface area contributed by atoms with E-state index in [2.05, 4.69) is 20.8 Å². The Morgan fingerprint density at radius 1 is 1.47 bits per heavy atom. The van der Waals surface area contributed by atoms with Gasteiger partial charge in [-0.3, -0.25) is 0 Å². The monoisotopic (exact) mass is 291 g/mol. The number of rotatable bonds is 5. The molecule has 0 radical (unpaired) electrons. The van der Waals surface area contributed by atoms with E-state index in [0.29, 0.717) is 6.61 Å². The summed E-state index contributed by atoms with van der Waals surface area (Å²) >= 11 is 9.45. The first-order chi connectivity index (χ1) is 7.19. The minimum atomic E-state index is 0.713. The first-order valence-electron chi connectivity index (χ1n) is 4.73. The van der Waals surface area contributed by atoms with Gasteiger partial charge >= 0.3 is 0 Å². The van der Waals surface area contributed by atoms with Crippen molar-refractivity contribution in [2.45, 2.75) is 5.33 Å². The number of benzene rings is 1. The first-order valence-corrected chi connectivity index (χ1v) is 6.23. The fourth-order valence-corrected chi connectivity index (χ4v) is 1.99. The van der Waals surface area contributed by atoms with Crippen molar-refractivity contribution in [2.24, 2.45) is 0 Å². The third-order valence-corrected chi connectivity index (χ3v) is 3.07. The zero-order valence-electron chi connectivity index (χ0n) is 8.96. The van der Waals surface area contributed by atoms with Crippen molar-refractivity contribution in [3.8, 4) is 0 Å². The van der Waals surface area contributed by atoms with Crippen LogP contribution in [-0.2, 0) is 10.1 Å². The van der Waals surface area contributed by atoms with E-state index in [1.54, 1.807) is 7.11 Å². The van der Waals surface area contributed by atoms with E-state index < -0.39 is 0 Å². The van der Waals surface area contributed by atoms with Crippen molar-refractivity contribution in [1.82, 2.24) is 0 Å². The Morgan fingerprint density at radius 2 is 2.20 bits per heavy atom. The Balaban J connectivity index is 2.85. The smallest absolute Gasteiger partial charge is 0.0637 e. The summed E-state index contributed by atoms with van der Waals surface area (Å²) in [4.78, 5) is 2.14. The Bertz CT molecular complexity index is 319. The average Bonchev–Trinajstić information content (AvgIpc) is 2.25. The lowest BCUT2D eigenvalue weighted by atomic mass is 10.2. The lowest BCUT2D eigenvalue weighted by Gasteiger charge is -2.21. The van der Waals surface area contributed by atoms with Gasteiger partial charge in [-0.1, -0.05) is 33.6 Å². The van der Waals surface area contributed by atoms with Crippen LogP contribution in [0.3, 0.4) is 0 Å². The number of hydrogen-bond acceptors (Lipinski definition) is 2. The van der Waals surface area contributed by atoms with Gasteiger partial charge in [-0.15, -0.1) is 0 Å². The molecular weight excluding hydrogens is 277 g/mol. The molecule has 0 saturated carbocycles. The van der Waals surface area contributed by atoms with Crippen molar-refractivity contribution < 1.29 is 4.74 Å². The van der Waals surface area contributed by atoms with Gasteiger partial charge in [-0.05, 0) is 17.7 Å². The summed E-state index contributed by atoms with van der Waals surface area (Å²) < 4.78 is 5.05. The Hall–Kier alpha value is -0.250. The number of ether oxygens (including phenoxy) is 1. The molecule has 0 spiro atoms. The predicted molar refractivity (Wildman–Crippen MR) is 69.2 cm³/mol. The fourth-order valence-electron chi connectivity index (χ4n) is 1.35. The molecule has 84 valence electrons. The minimum Gasteiger partial charge on any atom is -0.383 e. The van der Waals surface area contributed by atoms with Crippen molar-refractivity contribution in [1.29, 1.82) is 0 Å². The molecule has 0 heterocycles. The molecule has 0 aliphatic rings. The lowest BCUT2D eigenvalue weighted by Crippen LogP contribution is -2.23. The van der Waals surface area contributed by atoms with Crippen LogP contribution in [0.1, 0.15) is 5.56 Å². The Labute approximate surface area is 104 Å². The molecule has 1 aromatic rings. The highest BCUT2D eigenvalue weighted by atomic mass is 79.9. The third-order valence-electron chi connectivity index (χ3n) is 2.23. The summed E-state index contributed by atoms with van der Waals surface area (Å²) in [5, 5.41) is 1.59. The van der Waals surface area contributed by atoms with E-state index in [-0.39, 0.29) is 0 Å². The van der Waals surface area contributed by atoms with Crippen LogP contribution in [0.15, 0.2) is 18.2 Å². The molecule has 2 nitrogen and oxygen atoms in total. The van der Waals surface area contributed by atoms with Gasteiger partial charge in [-0.2, -0.15) is 0 Å². The molecule has 0 aliphatic carbocycles. The van der Waals surface area contributed by atoms with Crippen LogP contribution in [0.5, 0.6) is 0 Å². The van der Waals surface area contributed by atoms with Gasteiger partial charge in [-0.25, -0.2) is 0 Å². The van der Waals surface area contributed by atoms with Crippen LogP contribution in [0.4, 0.5) is 5.69 Å². The van der Waals surface area contributed by atoms with E-state index in [1.807, 2.05) is 25.2 Å². The summed E-state index contributed by atoms with van der Waals surface area (Å²) in [6, 6.07) is 5.93. The molecule has 0 fully saturated rings. The molecule has 0 atom stereocenters. The number of methoxy groups -OCH3 is 1.